The zero-order chi connectivity index (χ0) is 17.7. The van der Waals surface area contributed by atoms with Crippen molar-refractivity contribution in [2.45, 2.75) is 13.3 Å². The summed E-state index contributed by atoms with van der Waals surface area (Å²) >= 11 is 12.0. The van der Waals surface area contributed by atoms with Gasteiger partial charge in [-0.2, -0.15) is 0 Å². The first-order valence-electron chi connectivity index (χ1n) is 7.41. The summed E-state index contributed by atoms with van der Waals surface area (Å²) in [5.74, 6) is 0.914. The maximum Gasteiger partial charge on any atom is 0.227 e. The van der Waals surface area contributed by atoms with E-state index in [-0.39, 0.29) is 11.8 Å². The van der Waals surface area contributed by atoms with Crippen molar-refractivity contribution in [3.05, 3.63) is 52.0 Å². The fourth-order valence-corrected chi connectivity index (χ4v) is 2.64. The van der Waals surface area contributed by atoms with Crippen LogP contribution >= 0.6 is 23.2 Å². The molecule has 0 saturated heterocycles. The summed E-state index contributed by atoms with van der Waals surface area (Å²) in [6.45, 7) is 1.85. The van der Waals surface area contributed by atoms with Gasteiger partial charge in [-0.05, 0) is 42.3 Å². The van der Waals surface area contributed by atoms with Gasteiger partial charge in [0.1, 0.15) is 0 Å². The van der Waals surface area contributed by atoms with E-state index in [2.05, 4.69) is 5.32 Å². The molecule has 0 aromatic heterocycles. The Bertz CT molecular complexity index is 734. The largest absolute Gasteiger partial charge is 0.493 e. The molecule has 2 rings (SSSR count). The van der Waals surface area contributed by atoms with E-state index in [0.29, 0.717) is 33.7 Å². The highest BCUT2D eigenvalue weighted by atomic mass is 35.5. The monoisotopic (exact) mass is 367 g/mol. The summed E-state index contributed by atoms with van der Waals surface area (Å²) in [6, 6.07) is 10.6. The lowest BCUT2D eigenvalue weighted by Crippen LogP contribution is -2.22. The smallest absolute Gasteiger partial charge is 0.227 e. The molecule has 0 aliphatic carbocycles. The molecule has 128 valence electrons. The van der Waals surface area contributed by atoms with Crippen molar-refractivity contribution >= 4 is 34.8 Å². The van der Waals surface area contributed by atoms with Crippen LogP contribution in [0.25, 0.3) is 0 Å². The van der Waals surface area contributed by atoms with Crippen LogP contribution in [-0.4, -0.2) is 20.1 Å². The molecule has 24 heavy (non-hydrogen) atoms. The van der Waals surface area contributed by atoms with Gasteiger partial charge in [0.25, 0.3) is 0 Å². The van der Waals surface area contributed by atoms with Crippen LogP contribution in [0.5, 0.6) is 11.5 Å². The van der Waals surface area contributed by atoms with E-state index in [1.54, 1.807) is 32.4 Å². The van der Waals surface area contributed by atoms with Crippen molar-refractivity contribution in [3.8, 4) is 11.5 Å². The van der Waals surface area contributed by atoms with Gasteiger partial charge in [-0.15, -0.1) is 0 Å². The van der Waals surface area contributed by atoms with Crippen LogP contribution < -0.4 is 14.8 Å². The van der Waals surface area contributed by atoms with Gasteiger partial charge in [0.05, 0.1) is 24.9 Å². The molecule has 1 atom stereocenters. The van der Waals surface area contributed by atoms with Gasteiger partial charge >= 0.3 is 0 Å². The minimum Gasteiger partial charge on any atom is -0.493 e. The zero-order valence-corrected chi connectivity index (χ0v) is 15.2. The summed E-state index contributed by atoms with van der Waals surface area (Å²) in [6.07, 6.45) is 0.560. The molecule has 0 aliphatic heterocycles. The normalized spacial score (nSPS) is 11.7. The molecule has 0 radical (unpaired) electrons. The van der Waals surface area contributed by atoms with Crippen molar-refractivity contribution in [1.29, 1.82) is 0 Å². The second kappa shape index (κ2) is 8.27. The Hall–Kier alpha value is -1.91. The third-order valence-electron chi connectivity index (χ3n) is 3.62. The number of carbonyl (C=O) groups excluding carboxylic acids is 1. The molecule has 0 spiro atoms. The average molecular weight is 368 g/mol. The van der Waals surface area contributed by atoms with E-state index in [9.17, 15) is 4.79 Å². The number of benzene rings is 2. The Kier molecular flexibility index (Phi) is 6.35. The van der Waals surface area contributed by atoms with Crippen LogP contribution in [0.15, 0.2) is 36.4 Å². The molecule has 1 unspecified atom stereocenters. The summed E-state index contributed by atoms with van der Waals surface area (Å²) in [5, 5.41) is 3.78. The van der Waals surface area contributed by atoms with Crippen LogP contribution in [-0.2, 0) is 11.2 Å². The molecule has 6 heteroatoms. The Balaban J connectivity index is 2.07. The van der Waals surface area contributed by atoms with Gasteiger partial charge in [-0.25, -0.2) is 0 Å². The van der Waals surface area contributed by atoms with E-state index in [0.717, 1.165) is 5.56 Å². The second-order valence-electron chi connectivity index (χ2n) is 5.41. The van der Waals surface area contributed by atoms with Gasteiger partial charge in [0.2, 0.25) is 5.91 Å². The Labute approximate surface area is 151 Å². The van der Waals surface area contributed by atoms with Crippen molar-refractivity contribution in [2.75, 3.05) is 19.5 Å². The number of hydrogen-bond acceptors (Lipinski definition) is 3. The van der Waals surface area contributed by atoms with E-state index in [4.69, 9.17) is 32.7 Å². The van der Waals surface area contributed by atoms with E-state index in [1.165, 1.54) is 0 Å². The molecule has 0 saturated carbocycles. The number of amides is 1. The first kappa shape index (κ1) is 18.4. The highest BCUT2D eigenvalue weighted by Crippen LogP contribution is 2.29. The molecule has 0 fully saturated rings. The Morgan fingerprint density at radius 1 is 1.08 bits per heavy atom. The van der Waals surface area contributed by atoms with E-state index >= 15 is 0 Å². The lowest BCUT2D eigenvalue weighted by molar-refractivity contribution is -0.119. The lowest BCUT2D eigenvalue weighted by atomic mass is 10.00. The molecular formula is C18H19Cl2NO3. The molecule has 0 aliphatic rings. The van der Waals surface area contributed by atoms with Gasteiger partial charge in [0, 0.05) is 10.9 Å². The minimum absolute atomic E-state index is 0.131. The van der Waals surface area contributed by atoms with Crippen LogP contribution in [0.2, 0.25) is 10.0 Å². The Morgan fingerprint density at radius 2 is 1.79 bits per heavy atom. The Morgan fingerprint density at radius 3 is 2.46 bits per heavy atom. The number of hydrogen-bond donors (Lipinski definition) is 1. The molecule has 2 aromatic rings. The number of ether oxygens (including phenoxy) is 2. The number of methoxy groups -OCH3 is 2. The predicted octanol–water partition coefficient (Wildman–Crippen LogP) is 4.83. The third kappa shape index (κ3) is 4.56. The lowest BCUT2D eigenvalue weighted by Gasteiger charge is -2.15. The molecule has 4 nitrogen and oxygen atoms in total. The van der Waals surface area contributed by atoms with Gasteiger partial charge < -0.3 is 14.8 Å². The van der Waals surface area contributed by atoms with Crippen molar-refractivity contribution in [2.24, 2.45) is 5.92 Å². The maximum absolute atomic E-state index is 12.4. The number of rotatable bonds is 6. The van der Waals surface area contributed by atoms with Gasteiger partial charge in [0.15, 0.2) is 11.5 Å². The fourth-order valence-electron chi connectivity index (χ4n) is 2.30. The quantitative estimate of drug-likeness (QED) is 0.795. The summed E-state index contributed by atoms with van der Waals surface area (Å²) in [5.41, 5.74) is 1.49. The molecule has 0 bridgehead atoms. The number of nitrogens with one attached hydrogen (secondary N) is 1. The second-order valence-corrected chi connectivity index (χ2v) is 6.25. The minimum atomic E-state index is -0.252. The first-order chi connectivity index (χ1) is 11.4. The highest BCUT2D eigenvalue weighted by molar-refractivity contribution is 6.35. The molecule has 1 N–H and O–H groups in total. The zero-order valence-electron chi connectivity index (χ0n) is 13.7. The van der Waals surface area contributed by atoms with Crippen LogP contribution in [0.4, 0.5) is 5.69 Å². The topological polar surface area (TPSA) is 47.6 Å². The predicted molar refractivity (Wildman–Crippen MR) is 97.5 cm³/mol. The number of anilines is 1. The third-order valence-corrected chi connectivity index (χ3v) is 4.19. The standard InChI is InChI=1S/C18H19Cl2NO3/c1-11(8-12-4-7-16(23-2)17(9-12)24-3)18(22)21-15-10-13(19)5-6-14(15)20/h4-7,9-11H,8H2,1-3H3,(H,21,22). The van der Waals surface area contributed by atoms with Crippen molar-refractivity contribution < 1.29 is 14.3 Å². The molecule has 0 heterocycles. The maximum atomic E-state index is 12.4. The molecule has 1 amide bonds. The van der Waals surface area contributed by atoms with Crippen molar-refractivity contribution in [1.82, 2.24) is 0 Å². The van der Waals surface area contributed by atoms with E-state index in [1.807, 2.05) is 25.1 Å². The molecular weight excluding hydrogens is 349 g/mol. The van der Waals surface area contributed by atoms with E-state index < -0.39 is 0 Å². The summed E-state index contributed by atoms with van der Waals surface area (Å²) in [7, 11) is 3.17. The number of halogens is 2. The van der Waals surface area contributed by atoms with Crippen LogP contribution in [0, 0.1) is 5.92 Å². The summed E-state index contributed by atoms with van der Waals surface area (Å²) in [4.78, 5) is 12.4. The molecule has 2 aromatic carbocycles. The summed E-state index contributed by atoms with van der Waals surface area (Å²) < 4.78 is 10.5. The fraction of sp³-hybridized carbons (Fsp3) is 0.278. The first-order valence-corrected chi connectivity index (χ1v) is 8.17. The SMILES string of the molecule is COc1ccc(CC(C)C(=O)Nc2cc(Cl)ccc2Cl)cc1OC. The highest BCUT2D eigenvalue weighted by Gasteiger charge is 2.16. The van der Waals surface area contributed by atoms with Crippen molar-refractivity contribution in [3.63, 3.8) is 0 Å². The number of carbonyl (C=O) groups is 1. The van der Waals surface area contributed by atoms with Crippen LogP contribution in [0.1, 0.15) is 12.5 Å². The average Bonchev–Trinajstić information content (AvgIpc) is 2.57. The van der Waals surface area contributed by atoms with Crippen LogP contribution in [0.3, 0.4) is 0 Å². The van der Waals surface area contributed by atoms with Gasteiger partial charge in [-0.3, -0.25) is 4.79 Å². The van der Waals surface area contributed by atoms with Gasteiger partial charge in [-0.1, -0.05) is 36.2 Å².